The minimum absolute atomic E-state index is 0.219. The van der Waals surface area contributed by atoms with Crippen LogP contribution in [0.2, 0.25) is 0 Å². The number of nitrogens with two attached hydrogens (primary N) is 1. The van der Waals surface area contributed by atoms with E-state index in [1.807, 2.05) is 32.9 Å². The van der Waals surface area contributed by atoms with Crippen LogP contribution in [0.25, 0.3) is 0 Å². The normalized spacial score (nSPS) is 13.7. The quantitative estimate of drug-likeness (QED) is 0.834. The molecule has 0 saturated heterocycles. The summed E-state index contributed by atoms with van der Waals surface area (Å²) in [5.74, 6) is 0.775. The first-order chi connectivity index (χ1) is 6.92. The molecule has 0 radical (unpaired) electrons. The Balaban J connectivity index is 2.72. The molecule has 84 valence electrons. The van der Waals surface area contributed by atoms with E-state index >= 15 is 0 Å². The molecule has 0 amide bonds. The van der Waals surface area contributed by atoms with Crippen molar-refractivity contribution < 1.29 is 9.13 Å². The van der Waals surface area contributed by atoms with Crippen molar-refractivity contribution in [2.24, 2.45) is 5.73 Å². The number of hydrogen-bond donors (Lipinski definition) is 1. The Morgan fingerprint density at radius 2 is 1.80 bits per heavy atom. The standard InChI is InChI=1S/C12H18FNO/c1-12(2,3)15-10-6-4-9(5-7-10)11(14)8-13/h4-7,11H,8,14H2,1-3H3/t11-/m0/s1. The smallest absolute Gasteiger partial charge is 0.120 e. The highest BCUT2D eigenvalue weighted by Crippen LogP contribution is 2.20. The fraction of sp³-hybridized carbons (Fsp3) is 0.500. The predicted octanol–water partition coefficient (Wildman–Crippen LogP) is 2.83. The topological polar surface area (TPSA) is 35.2 Å². The van der Waals surface area contributed by atoms with Crippen LogP contribution in [0.4, 0.5) is 4.39 Å². The van der Waals surface area contributed by atoms with E-state index in [9.17, 15) is 4.39 Å². The van der Waals surface area contributed by atoms with Gasteiger partial charge in [-0.05, 0) is 38.5 Å². The average molecular weight is 211 g/mol. The third-order valence-corrected chi connectivity index (χ3v) is 1.90. The first-order valence-electron chi connectivity index (χ1n) is 5.03. The Kier molecular flexibility index (Phi) is 3.69. The number of ether oxygens (including phenoxy) is 1. The Morgan fingerprint density at radius 1 is 1.27 bits per heavy atom. The number of hydrogen-bond acceptors (Lipinski definition) is 2. The van der Waals surface area contributed by atoms with E-state index in [2.05, 4.69) is 0 Å². The number of halogens is 1. The zero-order valence-corrected chi connectivity index (χ0v) is 9.46. The average Bonchev–Trinajstić information content (AvgIpc) is 2.15. The highest BCUT2D eigenvalue weighted by Gasteiger charge is 2.12. The van der Waals surface area contributed by atoms with Crippen molar-refractivity contribution >= 4 is 0 Å². The van der Waals surface area contributed by atoms with Crippen LogP contribution in [-0.2, 0) is 0 Å². The van der Waals surface area contributed by atoms with Crippen LogP contribution >= 0.6 is 0 Å². The summed E-state index contributed by atoms with van der Waals surface area (Å²) < 4.78 is 17.9. The van der Waals surface area contributed by atoms with Crippen LogP contribution in [-0.4, -0.2) is 12.3 Å². The number of alkyl halides is 1. The summed E-state index contributed by atoms with van der Waals surface area (Å²) >= 11 is 0. The summed E-state index contributed by atoms with van der Waals surface area (Å²) in [4.78, 5) is 0. The second-order valence-corrected chi connectivity index (χ2v) is 4.54. The molecule has 1 rings (SSSR count). The molecule has 2 nitrogen and oxygen atoms in total. The molecule has 0 bridgehead atoms. The van der Waals surface area contributed by atoms with Gasteiger partial charge < -0.3 is 10.5 Å². The van der Waals surface area contributed by atoms with Crippen LogP contribution in [0, 0.1) is 0 Å². The second kappa shape index (κ2) is 4.62. The van der Waals surface area contributed by atoms with Gasteiger partial charge in [-0.2, -0.15) is 0 Å². The van der Waals surface area contributed by atoms with Crippen LogP contribution in [0.15, 0.2) is 24.3 Å². The molecule has 0 saturated carbocycles. The summed E-state index contributed by atoms with van der Waals surface area (Å²) in [7, 11) is 0. The fourth-order valence-electron chi connectivity index (χ4n) is 1.23. The van der Waals surface area contributed by atoms with Gasteiger partial charge in [-0.1, -0.05) is 12.1 Å². The van der Waals surface area contributed by atoms with E-state index in [0.29, 0.717) is 0 Å². The number of benzene rings is 1. The van der Waals surface area contributed by atoms with Gasteiger partial charge in [0.2, 0.25) is 0 Å². The van der Waals surface area contributed by atoms with E-state index < -0.39 is 12.7 Å². The van der Waals surface area contributed by atoms with Crippen LogP contribution in [0.1, 0.15) is 32.4 Å². The summed E-state index contributed by atoms with van der Waals surface area (Å²) in [5, 5.41) is 0. The highest BCUT2D eigenvalue weighted by atomic mass is 19.1. The SMILES string of the molecule is CC(C)(C)Oc1ccc([C@@H](N)CF)cc1. The minimum atomic E-state index is -0.542. The predicted molar refractivity (Wildman–Crippen MR) is 59.7 cm³/mol. The lowest BCUT2D eigenvalue weighted by atomic mass is 10.1. The molecule has 0 aliphatic rings. The van der Waals surface area contributed by atoms with Crippen molar-refractivity contribution in [1.82, 2.24) is 0 Å². The Labute approximate surface area is 90.2 Å². The summed E-state index contributed by atoms with van der Waals surface area (Å²) in [6.07, 6.45) is 0. The summed E-state index contributed by atoms with van der Waals surface area (Å²) in [6.45, 7) is 5.40. The lowest BCUT2D eigenvalue weighted by molar-refractivity contribution is 0.131. The van der Waals surface area contributed by atoms with Crippen molar-refractivity contribution in [2.45, 2.75) is 32.4 Å². The van der Waals surface area contributed by atoms with Gasteiger partial charge in [0.25, 0.3) is 0 Å². The maximum atomic E-state index is 12.3. The van der Waals surface area contributed by atoms with Crippen molar-refractivity contribution in [3.63, 3.8) is 0 Å². The molecule has 15 heavy (non-hydrogen) atoms. The Hall–Kier alpha value is -1.09. The van der Waals surface area contributed by atoms with Crippen LogP contribution in [0.3, 0.4) is 0 Å². The molecule has 1 aromatic carbocycles. The molecule has 0 unspecified atom stereocenters. The molecular formula is C12H18FNO. The monoisotopic (exact) mass is 211 g/mol. The van der Waals surface area contributed by atoms with E-state index in [0.717, 1.165) is 11.3 Å². The lowest BCUT2D eigenvalue weighted by Crippen LogP contribution is -2.23. The maximum absolute atomic E-state index is 12.3. The molecule has 0 heterocycles. The second-order valence-electron chi connectivity index (χ2n) is 4.54. The molecule has 3 heteroatoms. The van der Waals surface area contributed by atoms with Crippen molar-refractivity contribution in [1.29, 1.82) is 0 Å². The summed E-state index contributed by atoms with van der Waals surface area (Å²) in [6, 6.07) is 6.69. The van der Waals surface area contributed by atoms with E-state index in [1.165, 1.54) is 0 Å². The van der Waals surface area contributed by atoms with E-state index in [-0.39, 0.29) is 5.60 Å². The largest absolute Gasteiger partial charge is 0.488 e. The molecular weight excluding hydrogens is 193 g/mol. The van der Waals surface area contributed by atoms with Gasteiger partial charge in [0, 0.05) is 0 Å². The van der Waals surface area contributed by atoms with Gasteiger partial charge in [-0.25, -0.2) is 4.39 Å². The van der Waals surface area contributed by atoms with E-state index in [1.54, 1.807) is 12.1 Å². The molecule has 0 spiro atoms. The third-order valence-electron chi connectivity index (χ3n) is 1.90. The number of rotatable bonds is 3. The zero-order chi connectivity index (χ0) is 11.5. The molecule has 0 aliphatic carbocycles. The molecule has 0 aliphatic heterocycles. The van der Waals surface area contributed by atoms with Gasteiger partial charge in [-0.15, -0.1) is 0 Å². The maximum Gasteiger partial charge on any atom is 0.120 e. The van der Waals surface area contributed by atoms with Crippen LogP contribution < -0.4 is 10.5 Å². The van der Waals surface area contributed by atoms with Crippen molar-refractivity contribution in [3.05, 3.63) is 29.8 Å². The van der Waals surface area contributed by atoms with Gasteiger partial charge in [0.1, 0.15) is 18.0 Å². The van der Waals surface area contributed by atoms with Gasteiger partial charge in [0.05, 0.1) is 6.04 Å². The van der Waals surface area contributed by atoms with Gasteiger partial charge in [0.15, 0.2) is 0 Å². The Morgan fingerprint density at radius 3 is 2.20 bits per heavy atom. The molecule has 0 fully saturated rings. The zero-order valence-electron chi connectivity index (χ0n) is 9.46. The van der Waals surface area contributed by atoms with Gasteiger partial charge in [-0.3, -0.25) is 0 Å². The fourth-order valence-corrected chi connectivity index (χ4v) is 1.23. The third kappa shape index (κ3) is 3.88. The molecule has 1 atom stereocenters. The van der Waals surface area contributed by atoms with Crippen molar-refractivity contribution in [3.8, 4) is 5.75 Å². The van der Waals surface area contributed by atoms with Crippen molar-refractivity contribution in [2.75, 3.05) is 6.67 Å². The Bertz CT molecular complexity index is 302. The minimum Gasteiger partial charge on any atom is -0.488 e. The lowest BCUT2D eigenvalue weighted by Gasteiger charge is -2.21. The van der Waals surface area contributed by atoms with E-state index in [4.69, 9.17) is 10.5 Å². The molecule has 2 N–H and O–H groups in total. The first kappa shape index (κ1) is 12.0. The summed E-state index contributed by atoms with van der Waals surface area (Å²) in [5.41, 5.74) is 6.13. The molecule has 0 aromatic heterocycles. The van der Waals surface area contributed by atoms with Crippen LogP contribution in [0.5, 0.6) is 5.75 Å². The highest BCUT2D eigenvalue weighted by molar-refractivity contribution is 5.29. The van der Waals surface area contributed by atoms with Gasteiger partial charge >= 0.3 is 0 Å². The molecule has 1 aromatic rings. The first-order valence-corrected chi connectivity index (χ1v) is 5.03.